The Morgan fingerprint density at radius 2 is 1.86 bits per heavy atom. The second-order valence-corrected chi connectivity index (χ2v) is 7.35. The van der Waals surface area contributed by atoms with Crippen molar-refractivity contribution in [2.75, 3.05) is 19.6 Å². The van der Waals surface area contributed by atoms with Gasteiger partial charge in [-0.25, -0.2) is 0 Å². The molecule has 0 radical (unpaired) electrons. The van der Waals surface area contributed by atoms with Crippen molar-refractivity contribution in [1.82, 2.24) is 4.90 Å². The SMILES string of the molecule is O=C(O)CCC1CCN(CC2CCC3(CCCC3)O2)CC1. The van der Waals surface area contributed by atoms with Crippen LogP contribution in [-0.4, -0.2) is 47.3 Å². The van der Waals surface area contributed by atoms with Crippen molar-refractivity contribution in [2.45, 2.75) is 75.9 Å². The Morgan fingerprint density at radius 1 is 1.14 bits per heavy atom. The quantitative estimate of drug-likeness (QED) is 0.847. The van der Waals surface area contributed by atoms with Gasteiger partial charge >= 0.3 is 5.97 Å². The maximum Gasteiger partial charge on any atom is 0.303 e. The zero-order valence-corrected chi connectivity index (χ0v) is 13.1. The molecule has 1 atom stereocenters. The van der Waals surface area contributed by atoms with Crippen LogP contribution in [0.4, 0.5) is 0 Å². The standard InChI is InChI=1S/C17H29NO3/c19-16(20)4-3-14-6-11-18(12-7-14)13-15-5-10-17(21-15)8-1-2-9-17/h14-15H,1-13H2,(H,19,20). The summed E-state index contributed by atoms with van der Waals surface area (Å²) in [7, 11) is 0. The predicted molar refractivity (Wildman–Crippen MR) is 81.3 cm³/mol. The molecule has 0 aromatic heterocycles. The highest BCUT2D eigenvalue weighted by molar-refractivity contribution is 5.66. The lowest BCUT2D eigenvalue weighted by Gasteiger charge is -2.34. The van der Waals surface area contributed by atoms with Gasteiger partial charge in [0.1, 0.15) is 0 Å². The molecule has 0 aromatic carbocycles. The van der Waals surface area contributed by atoms with Crippen LogP contribution in [0.3, 0.4) is 0 Å². The lowest BCUT2D eigenvalue weighted by Crippen LogP contribution is -2.39. The minimum atomic E-state index is -0.654. The van der Waals surface area contributed by atoms with E-state index in [2.05, 4.69) is 4.90 Å². The van der Waals surface area contributed by atoms with Gasteiger partial charge in [-0.15, -0.1) is 0 Å². The summed E-state index contributed by atoms with van der Waals surface area (Å²) in [5.41, 5.74) is 0.254. The molecule has 1 aliphatic carbocycles. The molecule has 0 bridgehead atoms. The van der Waals surface area contributed by atoms with Crippen LogP contribution in [0.5, 0.6) is 0 Å². The van der Waals surface area contributed by atoms with E-state index < -0.39 is 5.97 Å². The molecular weight excluding hydrogens is 266 g/mol. The highest BCUT2D eigenvalue weighted by Crippen LogP contribution is 2.43. The Balaban J connectivity index is 1.37. The third-order valence-electron chi connectivity index (χ3n) is 5.79. The van der Waals surface area contributed by atoms with Crippen molar-refractivity contribution >= 4 is 5.97 Å². The van der Waals surface area contributed by atoms with E-state index in [1.807, 2.05) is 0 Å². The van der Waals surface area contributed by atoms with Gasteiger partial charge in [0.2, 0.25) is 0 Å². The summed E-state index contributed by atoms with van der Waals surface area (Å²) in [5.74, 6) is -0.0401. The lowest BCUT2D eigenvalue weighted by atomic mass is 9.92. The molecule has 1 N–H and O–H groups in total. The molecule has 120 valence electrons. The van der Waals surface area contributed by atoms with Crippen LogP contribution in [0, 0.1) is 5.92 Å². The average molecular weight is 295 g/mol. The van der Waals surface area contributed by atoms with Gasteiger partial charge in [-0.3, -0.25) is 4.79 Å². The molecule has 2 aliphatic heterocycles. The fraction of sp³-hybridized carbons (Fsp3) is 0.941. The average Bonchev–Trinajstić information content (AvgIpc) is 3.09. The van der Waals surface area contributed by atoms with Gasteiger partial charge in [0, 0.05) is 13.0 Å². The summed E-state index contributed by atoms with van der Waals surface area (Å²) in [6.07, 6.45) is 11.7. The Hall–Kier alpha value is -0.610. The first-order chi connectivity index (χ1) is 10.2. The molecule has 1 spiro atoms. The van der Waals surface area contributed by atoms with Crippen molar-refractivity contribution in [3.8, 4) is 0 Å². The fourth-order valence-electron chi connectivity index (χ4n) is 4.48. The summed E-state index contributed by atoms with van der Waals surface area (Å²) >= 11 is 0. The monoisotopic (exact) mass is 295 g/mol. The van der Waals surface area contributed by atoms with Crippen molar-refractivity contribution in [3.63, 3.8) is 0 Å². The van der Waals surface area contributed by atoms with Crippen LogP contribution in [0.2, 0.25) is 0 Å². The molecule has 4 heteroatoms. The number of carbonyl (C=O) groups is 1. The van der Waals surface area contributed by atoms with Gasteiger partial charge in [-0.2, -0.15) is 0 Å². The van der Waals surface area contributed by atoms with Crippen molar-refractivity contribution in [2.24, 2.45) is 5.92 Å². The lowest BCUT2D eigenvalue weighted by molar-refractivity contribution is -0.137. The third-order valence-corrected chi connectivity index (χ3v) is 5.79. The first-order valence-electron chi connectivity index (χ1n) is 8.77. The number of carboxylic acids is 1. The number of likely N-dealkylation sites (tertiary alicyclic amines) is 1. The van der Waals surface area contributed by atoms with E-state index in [1.54, 1.807) is 0 Å². The maximum atomic E-state index is 10.6. The van der Waals surface area contributed by atoms with E-state index in [9.17, 15) is 4.79 Å². The molecule has 1 saturated carbocycles. The Bertz CT molecular complexity index is 357. The van der Waals surface area contributed by atoms with Crippen LogP contribution in [0.1, 0.15) is 64.2 Å². The van der Waals surface area contributed by atoms with E-state index in [4.69, 9.17) is 9.84 Å². The van der Waals surface area contributed by atoms with Crippen LogP contribution in [0.25, 0.3) is 0 Å². The smallest absolute Gasteiger partial charge is 0.303 e. The molecular formula is C17H29NO3. The molecule has 0 amide bonds. The van der Waals surface area contributed by atoms with E-state index in [1.165, 1.54) is 38.5 Å². The van der Waals surface area contributed by atoms with E-state index in [-0.39, 0.29) is 5.60 Å². The van der Waals surface area contributed by atoms with E-state index in [0.29, 0.717) is 18.4 Å². The number of carboxylic acid groups (broad SMARTS) is 1. The summed E-state index contributed by atoms with van der Waals surface area (Å²) < 4.78 is 6.40. The number of aliphatic carboxylic acids is 1. The molecule has 21 heavy (non-hydrogen) atoms. The molecule has 4 nitrogen and oxygen atoms in total. The Morgan fingerprint density at radius 3 is 2.52 bits per heavy atom. The number of hydrogen-bond donors (Lipinski definition) is 1. The first kappa shape index (κ1) is 15.3. The highest BCUT2D eigenvalue weighted by Gasteiger charge is 2.42. The van der Waals surface area contributed by atoms with Gasteiger partial charge in [0.05, 0.1) is 11.7 Å². The van der Waals surface area contributed by atoms with Crippen molar-refractivity contribution in [3.05, 3.63) is 0 Å². The van der Waals surface area contributed by atoms with Crippen molar-refractivity contribution in [1.29, 1.82) is 0 Å². The zero-order chi connectivity index (χ0) is 14.7. The topological polar surface area (TPSA) is 49.8 Å². The summed E-state index contributed by atoms with van der Waals surface area (Å²) in [5, 5.41) is 8.76. The number of ether oxygens (including phenoxy) is 1. The molecule has 3 rings (SSSR count). The molecule has 3 fully saturated rings. The first-order valence-corrected chi connectivity index (χ1v) is 8.77. The molecule has 2 saturated heterocycles. The van der Waals surface area contributed by atoms with Crippen LogP contribution in [0.15, 0.2) is 0 Å². The molecule has 2 heterocycles. The maximum absolute atomic E-state index is 10.6. The molecule has 1 unspecified atom stereocenters. The van der Waals surface area contributed by atoms with Gasteiger partial charge in [0.15, 0.2) is 0 Å². The molecule has 0 aromatic rings. The third kappa shape index (κ3) is 3.98. The minimum absolute atomic E-state index is 0.254. The van der Waals surface area contributed by atoms with Gasteiger partial charge in [0.25, 0.3) is 0 Å². The normalized spacial score (nSPS) is 30.2. The largest absolute Gasteiger partial charge is 0.481 e. The molecule has 3 aliphatic rings. The van der Waals surface area contributed by atoms with Gasteiger partial charge in [-0.05, 0) is 64.0 Å². The Kier molecular flexibility index (Phi) is 4.85. The van der Waals surface area contributed by atoms with Crippen LogP contribution < -0.4 is 0 Å². The fourth-order valence-corrected chi connectivity index (χ4v) is 4.48. The number of rotatable bonds is 5. The number of hydrogen-bond acceptors (Lipinski definition) is 3. The van der Waals surface area contributed by atoms with Gasteiger partial charge < -0.3 is 14.7 Å². The summed E-state index contributed by atoms with van der Waals surface area (Å²) in [6.45, 7) is 3.34. The van der Waals surface area contributed by atoms with Crippen LogP contribution >= 0.6 is 0 Å². The Labute approximate surface area is 127 Å². The van der Waals surface area contributed by atoms with E-state index in [0.717, 1.165) is 38.9 Å². The minimum Gasteiger partial charge on any atom is -0.481 e. The number of piperidine rings is 1. The second kappa shape index (κ2) is 6.66. The highest BCUT2D eigenvalue weighted by atomic mass is 16.5. The number of nitrogens with zero attached hydrogens (tertiary/aromatic N) is 1. The van der Waals surface area contributed by atoms with Crippen LogP contribution in [-0.2, 0) is 9.53 Å². The van der Waals surface area contributed by atoms with Crippen molar-refractivity contribution < 1.29 is 14.6 Å². The summed E-state index contributed by atoms with van der Waals surface area (Å²) in [6, 6.07) is 0. The predicted octanol–water partition coefficient (Wildman–Crippen LogP) is 3.06. The summed E-state index contributed by atoms with van der Waals surface area (Å²) in [4.78, 5) is 13.2. The second-order valence-electron chi connectivity index (χ2n) is 7.35. The zero-order valence-electron chi connectivity index (χ0n) is 13.1. The van der Waals surface area contributed by atoms with E-state index >= 15 is 0 Å². The van der Waals surface area contributed by atoms with Gasteiger partial charge in [-0.1, -0.05) is 12.8 Å².